The number of ether oxygens (including phenoxy) is 1. The van der Waals surface area contributed by atoms with Crippen molar-refractivity contribution in [3.8, 4) is 5.75 Å². The number of aryl methyl sites for hydroxylation is 1. The first-order valence-electron chi connectivity index (χ1n) is 10.7. The molecule has 1 amide bonds. The van der Waals surface area contributed by atoms with Gasteiger partial charge in [0.15, 0.2) is 29.0 Å². The van der Waals surface area contributed by atoms with Crippen molar-refractivity contribution in [3.05, 3.63) is 47.2 Å². The highest BCUT2D eigenvalue weighted by atomic mass is 19.1. The van der Waals surface area contributed by atoms with Crippen molar-refractivity contribution in [3.63, 3.8) is 0 Å². The number of rotatable bonds is 7. The minimum atomic E-state index is -0.778. The molecule has 1 aromatic carbocycles. The predicted octanol–water partition coefficient (Wildman–Crippen LogP) is 2.74. The average molecular weight is 473 g/mol. The summed E-state index contributed by atoms with van der Waals surface area (Å²) in [6.07, 6.45) is 1.48. The van der Waals surface area contributed by atoms with E-state index in [-0.39, 0.29) is 31.0 Å². The topological polar surface area (TPSA) is 110 Å². The Kier molecular flexibility index (Phi) is 6.31. The third-order valence-corrected chi connectivity index (χ3v) is 5.57. The number of hydrogen-bond acceptors (Lipinski definition) is 8. The number of anilines is 3. The van der Waals surface area contributed by atoms with Crippen molar-refractivity contribution in [1.29, 1.82) is 0 Å². The lowest BCUT2D eigenvalue weighted by molar-refractivity contribution is -0.118. The molecule has 0 aliphatic carbocycles. The molecule has 0 fully saturated rings. The summed E-state index contributed by atoms with van der Waals surface area (Å²) in [5, 5.41) is 10.3. The molecular formula is C22H26F2N8O2. The summed E-state index contributed by atoms with van der Waals surface area (Å²) in [4.78, 5) is 27.6. The summed E-state index contributed by atoms with van der Waals surface area (Å²) < 4.78 is 34.1. The van der Waals surface area contributed by atoms with E-state index in [0.717, 1.165) is 0 Å². The molecular weight excluding hydrogens is 446 g/mol. The van der Waals surface area contributed by atoms with Gasteiger partial charge in [0.25, 0.3) is 0 Å². The van der Waals surface area contributed by atoms with Crippen LogP contribution in [0.5, 0.6) is 5.75 Å². The number of likely N-dealkylation sites (N-methyl/N-ethyl adjacent to an activating group) is 1. The highest BCUT2D eigenvalue weighted by Crippen LogP contribution is 2.34. The van der Waals surface area contributed by atoms with Crippen LogP contribution in [0.15, 0.2) is 18.5 Å². The van der Waals surface area contributed by atoms with Gasteiger partial charge in [0.05, 0.1) is 25.9 Å². The lowest BCUT2D eigenvalue weighted by Gasteiger charge is -2.36. The van der Waals surface area contributed by atoms with Crippen LogP contribution in [0.2, 0.25) is 0 Å². The molecule has 0 bridgehead atoms. The maximum absolute atomic E-state index is 13.9. The maximum atomic E-state index is 13.9. The van der Waals surface area contributed by atoms with Crippen LogP contribution < -0.4 is 20.3 Å². The van der Waals surface area contributed by atoms with Crippen LogP contribution in [0.3, 0.4) is 0 Å². The third-order valence-electron chi connectivity index (χ3n) is 5.57. The Morgan fingerprint density at radius 1 is 1.24 bits per heavy atom. The van der Waals surface area contributed by atoms with Gasteiger partial charge in [-0.25, -0.2) is 23.4 Å². The summed E-state index contributed by atoms with van der Waals surface area (Å²) in [6, 6.07) is 2.07. The summed E-state index contributed by atoms with van der Waals surface area (Å²) in [5.41, 5.74) is 1.62. The molecule has 2 N–H and O–H groups in total. The number of aromatic nitrogens is 5. The second kappa shape index (κ2) is 9.20. The molecule has 34 heavy (non-hydrogen) atoms. The van der Waals surface area contributed by atoms with Gasteiger partial charge in [-0.05, 0) is 30.5 Å². The van der Waals surface area contributed by atoms with Gasteiger partial charge in [-0.3, -0.25) is 4.79 Å². The van der Waals surface area contributed by atoms with Crippen LogP contribution in [0.1, 0.15) is 30.9 Å². The van der Waals surface area contributed by atoms with E-state index >= 15 is 0 Å². The van der Waals surface area contributed by atoms with E-state index in [2.05, 4.69) is 30.7 Å². The largest absolute Gasteiger partial charge is 0.491 e. The van der Waals surface area contributed by atoms with Crippen LogP contribution in [0, 0.1) is 24.5 Å². The molecule has 0 saturated heterocycles. The fourth-order valence-electron chi connectivity index (χ4n) is 4.03. The van der Waals surface area contributed by atoms with E-state index in [1.54, 1.807) is 6.92 Å². The molecule has 180 valence electrons. The van der Waals surface area contributed by atoms with Gasteiger partial charge < -0.3 is 20.3 Å². The van der Waals surface area contributed by atoms with Crippen LogP contribution in [-0.4, -0.2) is 50.8 Å². The van der Waals surface area contributed by atoms with Crippen molar-refractivity contribution in [2.45, 2.75) is 39.9 Å². The molecule has 4 rings (SSSR count). The fraction of sp³-hybridized carbons (Fsp3) is 0.409. The van der Waals surface area contributed by atoms with Crippen LogP contribution in [0.25, 0.3) is 0 Å². The van der Waals surface area contributed by atoms with Crippen LogP contribution in [-0.2, 0) is 17.9 Å². The lowest BCUT2D eigenvalue weighted by atomic mass is 9.99. The number of fused-ring (bicyclic) bond motifs is 1. The van der Waals surface area contributed by atoms with Crippen molar-refractivity contribution in [1.82, 2.24) is 24.7 Å². The highest BCUT2D eigenvalue weighted by molar-refractivity contribution is 6.03. The van der Waals surface area contributed by atoms with Gasteiger partial charge in [-0.15, -0.1) is 0 Å². The van der Waals surface area contributed by atoms with Crippen molar-refractivity contribution >= 4 is 23.4 Å². The molecule has 3 heterocycles. The Balaban J connectivity index is 1.46. The molecule has 1 atom stereocenters. The number of nitrogens with zero attached hydrogens (tertiary/aromatic N) is 6. The Labute approximate surface area is 195 Å². The smallest absolute Gasteiger partial charge is 0.247 e. The number of amides is 1. The second-order valence-electron chi connectivity index (χ2n) is 8.42. The standard InChI is InChI=1S/C22H26F2N8O2/c1-11(2)18-21(33)28-17-12(3)27-22(29-20(17)31(18)4)25-8-16-26-10-32(30-16)9-13-6-14(23)19(34-5)15(24)7-13/h6-7,10-11,18H,8-9H2,1-5H3,(H,28,33)(H,25,27,29)/t18-/m0/s1. The summed E-state index contributed by atoms with van der Waals surface area (Å²) in [5.74, 6) is -0.490. The van der Waals surface area contributed by atoms with E-state index in [1.165, 1.54) is 30.3 Å². The minimum Gasteiger partial charge on any atom is -0.491 e. The molecule has 0 spiro atoms. The molecule has 1 aliphatic heterocycles. The van der Waals surface area contributed by atoms with Crippen molar-refractivity contribution in [2.75, 3.05) is 29.7 Å². The number of methoxy groups -OCH3 is 1. The number of halogens is 2. The molecule has 12 heteroatoms. The summed E-state index contributed by atoms with van der Waals surface area (Å²) in [6.45, 7) is 6.14. The molecule has 2 aromatic heterocycles. The third kappa shape index (κ3) is 4.47. The minimum absolute atomic E-state index is 0.0798. The Morgan fingerprint density at radius 3 is 2.59 bits per heavy atom. The normalized spacial score (nSPS) is 15.4. The average Bonchev–Trinajstić information content (AvgIpc) is 3.20. The quantitative estimate of drug-likeness (QED) is 0.540. The van der Waals surface area contributed by atoms with Gasteiger partial charge in [0.2, 0.25) is 11.9 Å². The van der Waals surface area contributed by atoms with E-state index < -0.39 is 17.4 Å². The Bertz CT molecular complexity index is 1210. The molecule has 0 saturated carbocycles. The highest BCUT2D eigenvalue weighted by Gasteiger charge is 2.35. The van der Waals surface area contributed by atoms with Crippen LogP contribution in [0.4, 0.5) is 26.2 Å². The number of nitrogens with one attached hydrogen (secondary N) is 2. The van der Waals surface area contributed by atoms with E-state index in [9.17, 15) is 13.6 Å². The zero-order valence-electron chi connectivity index (χ0n) is 19.6. The van der Waals surface area contributed by atoms with E-state index in [4.69, 9.17) is 4.74 Å². The van der Waals surface area contributed by atoms with Gasteiger partial charge in [0, 0.05) is 7.05 Å². The molecule has 10 nitrogen and oxygen atoms in total. The molecule has 0 radical (unpaired) electrons. The zero-order chi connectivity index (χ0) is 24.6. The molecule has 0 unspecified atom stereocenters. The zero-order valence-corrected chi connectivity index (χ0v) is 19.6. The van der Waals surface area contributed by atoms with Crippen molar-refractivity contribution < 1.29 is 18.3 Å². The number of hydrogen-bond donors (Lipinski definition) is 2. The van der Waals surface area contributed by atoms with Gasteiger partial charge >= 0.3 is 0 Å². The van der Waals surface area contributed by atoms with Gasteiger partial charge in [-0.2, -0.15) is 10.1 Å². The number of carbonyl (C=O) groups is 1. The van der Waals surface area contributed by atoms with E-state index in [0.29, 0.717) is 34.5 Å². The first kappa shape index (κ1) is 23.3. The number of carbonyl (C=O) groups excluding carboxylic acids is 1. The first-order valence-corrected chi connectivity index (χ1v) is 10.7. The lowest BCUT2D eigenvalue weighted by Crippen LogP contribution is -2.49. The SMILES string of the molecule is COc1c(F)cc(Cn2cnc(CNc3nc(C)c4c(n3)N(C)[C@@H](C(C)C)C(=O)N4)n2)cc1F. The Hall–Kier alpha value is -3.83. The fourth-order valence-corrected chi connectivity index (χ4v) is 4.03. The maximum Gasteiger partial charge on any atom is 0.247 e. The molecule has 1 aliphatic rings. The summed E-state index contributed by atoms with van der Waals surface area (Å²) in [7, 11) is 3.05. The monoisotopic (exact) mass is 472 g/mol. The van der Waals surface area contributed by atoms with Gasteiger partial charge in [0.1, 0.15) is 18.1 Å². The predicted molar refractivity (Wildman–Crippen MR) is 122 cm³/mol. The first-order chi connectivity index (χ1) is 16.2. The summed E-state index contributed by atoms with van der Waals surface area (Å²) >= 11 is 0. The number of benzene rings is 1. The second-order valence-corrected chi connectivity index (χ2v) is 8.42. The van der Waals surface area contributed by atoms with Crippen molar-refractivity contribution in [2.24, 2.45) is 5.92 Å². The van der Waals surface area contributed by atoms with Gasteiger partial charge in [-0.1, -0.05) is 13.8 Å². The van der Waals surface area contributed by atoms with Crippen LogP contribution >= 0.6 is 0 Å². The molecule has 3 aromatic rings. The Morgan fingerprint density at radius 2 is 1.94 bits per heavy atom. The van der Waals surface area contributed by atoms with E-state index in [1.807, 2.05) is 25.8 Å².